The molecule has 0 amide bonds. The molecule has 0 aliphatic carbocycles. The van der Waals surface area contributed by atoms with Gasteiger partial charge in [0.1, 0.15) is 5.76 Å². The predicted octanol–water partition coefficient (Wildman–Crippen LogP) is 0.252. The van der Waals surface area contributed by atoms with E-state index in [4.69, 9.17) is 9.52 Å². The molecule has 1 heterocycles. The quantitative estimate of drug-likeness (QED) is 0.744. The Morgan fingerprint density at radius 3 is 2.86 bits per heavy atom. The van der Waals surface area contributed by atoms with Crippen molar-refractivity contribution >= 4 is 10.0 Å². The van der Waals surface area contributed by atoms with Crippen LogP contribution < -0.4 is 4.72 Å². The van der Waals surface area contributed by atoms with E-state index in [2.05, 4.69) is 4.72 Å². The standard InChI is InChI=1S/C8H13NO4S/c1-7(8-3-2-5-13-8)9-14(11,12)6-4-10/h2-3,5,7,9-10H,4,6H2,1H3. The molecule has 0 bridgehead atoms. The second kappa shape index (κ2) is 4.59. The zero-order valence-corrected chi connectivity index (χ0v) is 8.62. The SMILES string of the molecule is CC(NS(=O)(=O)CCO)c1ccco1. The normalized spacial score (nSPS) is 14.1. The van der Waals surface area contributed by atoms with Crippen LogP contribution >= 0.6 is 0 Å². The number of furan rings is 1. The summed E-state index contributed by atoms with van der Waals surface area (Å²) in [4.78, 5) is 0. The van der Waals surface area contributed by atoms with Crippen molar-refractivity contribution in [2.45, 2.75) is 13.0 Å². The first-order valence-corrected chi connectivity index (χ1v) is 5.84. The smallest absolute Gasteiger partial charge is 0.214 e. The summed E-state index contributed by atoms with van der Waals surface area (Å²) in [6, 6.07) is 2.96. The Kier molecular flexibility index (Phi) is 3.68. The Balaban J connectivity index is 2.61. The van der Waals surface area contributed by atoms with Crippen molar-refractivity contribution in [1.82, 2.24) is 4.72 Å². The highest BCUT2D eigenvalue weighted by Crippen LogP contribution is 2.13. The van der Waals surface area contributed by atoms with Crippen LogP contribution in [0, 0.1) is 0 Å². The number of hydrogen-bond donors (Lipinski definition) is 2. The fourth-order valence-electron chi connectivity index (χ4n) is 1.04. The summed E-state index contributed by atoms with van der Waals surface area (Å²) in [5, 5.41) is 8.50. The Labute approximate surface area is 82.8 Å². The lowest BCUT2D eigenvalue weighted by molar-refractivity contribution is 0.318. The van der Waals surface area contributed by atoms with E-state index >= 15 is 0 Å². The highest BCUT2D eigenvalue weighted by Gasteiger charge is 2.16. The number of rotatable bonds is 5. The maximum atomic E-state index is 11.2. The van der Waals surface area contributed by atoms with E-state index in [1.165, 1.54) is 6.26 Å². The van der Waals surface area contributed by atoms with Gasteiger partial charge in [-0.3, -0.25) is 0 Å². The predicted molar refractivity (Wildman–Crippen MR) is 51.1 cm³/mol. The van der Waals surface area contributed by atoms with Crippen molar-refractivity contribution in [3.8, 4) is 0 Å². The monoisotopic (exact) mass is 219 g/mol. The van der Waals surface area contributed by atoms with Crippen LogP contribution in [0.15, 0.2) is 22.8 Å². The van der Waals surface area contributed by atoms with Crippen LogP contribution in [0.2, 0.25) is 0 Å². The zero-order valence-electron chi connectivity index (χ0n) is 7.80. The lowest BCUT2D eigenvalue weighted by Gasteiger charge is -2.10. The highest BCUT2D eigenvalue weighted by molar-refractivity contribution is 7.89. The average Bonchev–Trinajstić information content (AvgIpc) is 2.53. The molecule has 0 spiro atoms. The summed E-state index contributed by atoms with van der Waals surface area (Å²) >= 11 is 0. The molecule has 80 valence electrons. The van der Waals surface area contributed by atoms with Crippen molar-refractivity contribution < 1.29 is 17.9 Å². The molecular weight excluding hydrogens is 206 g/mol. The third-order valence-electron chi connectivity index (χ3n) is 1.69. The fourth-order valence-corrected chi connectivity index (χ4v) is 2.06. The molecule has 0 fully saturated rings. The van der Waals surface area contributed by atoms with E-state index in [1.807, 2.05) is 0 Å². The van der Waals surface area contributed by atoms with Crippen molar-refractivity contribution in [2.75, 3.05) is 12.4 Å². The summed E-state index contributed by atoms with van der Waals surface area (Å²) in [5.41, 5.74) is 0. The average molecular weight is 219 g/mol. The fraction of sp³-hybridized carbons (Fsp3) is 0.500. The van der Waals surface area contributed by atoms with Crippen molar-refractivity contribution in [3.63, 3.8) is 0 Å². The summed E-state index contributed by atoms with van der Waals surface area (Å²) < 4.78 is 29.9. The summed E-state index contributed by atoms with van der Waals surface area (Å²) in [7, 11) is -3.42. The van der Waals surface area contributed by atoms with E-state index in [1.54, 1.807) is 19.1 Å². The van der Waals surface area contributed by atoms with Crippen molar-refractivity contribution in [3.05, 3.63) is 24.2 Å². The van der Waals surface area contributed by atoms with E-state index in [0.29, 0.717) is 5.76 Å². The van der Waals surface area contributed by atoms with Gasteiger partial charge in [-0.1, -0.05) is 0 Å². The van der Waals surface area contributed by atoms with E-state index < -0.39 is 16.1 Å². The molecule has 0 radical (unpaired) electrons. The van der Waals surface area contributed by atoms with Gasteiger partial charge in [0.2, 0.25) is 10.0 Å². The number of sulfonamides is 1. The number of aliphatic hydroxyl groups excluding tert-OH is 1. The van der Waals surface area contributed by atoms with Crippen LogP contribution in [0.1, 0.15) is 18.7 Å². The van der Waals surface area contributed by atoms with Gasteiger partial charge >= 0.3 is 0 Å². The molecule has 1 unspecified atom stereocenters. The lowest BCUT2D eigenvalue weighted by Crippen LogP contribution is -2.30. The van der Waals surface area contributed by atoms with E-state index in [-0.39, 0.29) is 12.4 Å². The summed E-state index contributed by atoms with van der Waals surface area (Å²) in [5.74, 6) is 0.254. The van der Waals surface area contributed by atoms with Gasteiger partial charge in [-0.25, -0.2) is 13.1 Å². The Bertz CT molecular complexity index is 357. The summed E-state index contributed by atoms with van der Waals surface area (Å²) in [6.45, 7) is 1.29. The Hall–Kier alpha value is -0.850. The molecule has 6 heteroatoms. The molecule has 0 aliphatic heterocycles. The summed E-state index contributed by atoms with van der Waals surface area (Å²) in [6.07, 6.45) is 1.48. The highest BCUT2D eigenvalue weighted by atomic mass is 32.2. The minimum absolute atomic E-state index is 0.294. The number of hydrogen-bond acceptors (Lipinski definition) is 4. The molecule has 0 aromatic carbocycles. The van der Waals surface area contributed by atoms with E-state index in [0.717, 1.165) is 0 Å². The minimum atomic E-state index is -3.42. The maximum Gasteiger partial charge on any atom is 0.214 e. The molecule has 2 N–H and O–H groups in total. The molecular formula is C8H13NO4S. The third-order valence-corrected chi connectivity index (χ3v) is 3.12. The molecule has 1 aromatic heterocycles. The Morgan fingerprint density at radius 2 is 2.36 bits per heavy atom. The lowest BCUT2D eigenvalue weighted by atomic mass is 10.3. The first-order chi connectivity index (χ1) is 6.55. The van der Waals surface area contributed by atoms with Gasteiger partial charge in [0, 0.05) is 0 Å². The van der Waals surface area contributed by atoms with Crippen LogP contribution in [0.5, 0.6) is 0 Å². The first-order valence-electron chi connectivity index (χ1n) is 4.19. The van der Waals surface area contributed by atoms with Gasteiger partial charge < -0.3 is 9.52 Å². The van der Waals surface area contributed by atoms with E-state index in [9.17, 15) is 8.42 Å². The largest absolute Gasteiger partial charge is 0.468 e. The molecule has 1 rings (SSSR count). The molecule has 14 heavy (non-hydrogen) atoms. The molecule has 1 atom stereocenters. The molecule has 0 saturated heterocycles. The van der Waals surface area contributed by atoms with Crippen LogP contribution in [0.25, 0.3) is 0 Å². The third kappa shape index (κ3) is 3.13. The Morgan fingerprint density at radius 1 is 1.64 bits per heavy atom. The second-order valence-electron chi connectivity index (χ2n) is 2.90. The molecule has 5 nitrogen and oxygen atoms in total. The van der Waals surface area contributed by atoms with Crippen LogP contribution in [0.3, 0.4) is 0 Å². The molecule has 0 saturated carbocycles. The topological polar surface area (TPSA) is 79.5 Å². The first kappa shape index (κ1) is 11.2. The van der Waals surface area contributed by atoms with Gasteiger partial charge in [0.05, 0.1) is 24.7 Å². The van der Waals surface area contributed by atoms with Crippen LogP contribution in [-0.2, 0) is 10.0 Å². The van der Waals surface area contributed by atoms with Gasteiger partial charge in [0.25, 0.3) is 0 Å². The van der Waals surface area contributed by atoms with Crippen molar-refractivity contribution in [1.29, 1.82) is 0 Å². The van der Waals surface area contributed by atoms with Gasteiger partial charge in [0.15, 0.2) is 0 Å². The molecule has 1 aromatic rings. The van der Waals surface area contributed by atoms with Crippen LogP contribution in [-0.4, -0.2) is 25.9 Å². The second-order valence-corrected chi connectivity index (χ2v) is 4.77. The van der Waals surface area contributed by atoms with Gasteiger partial charge in [-0.2, -0.15) is 0 Å². The van der Waals surface area contributed by atoms with Crippen molar-refractivity contribution in [2.24, 2.45) is 0 Å². The minimum Gasteiger partial charge on any atom is -0.468 e. The van der Waals surface area contributed by atoms with Crippen LogP contribution in [0.4, 0.5) is 0 Å². The van der Waals surface area contributed by atoms with Gasteiger partial charge in [-0.05, 0) is 19.1 Å². The van der Waals surface area contributed by atoms with Gasteiger partial charge in [-0.15, -0.1) is 0 Å². The number of aliphatic hydroxyl groups is 1. The zero-order chi connectivity index (χ0) is 10.6. The maximum absolute atomic E-state index is 11.2. The number of nitrogens with one attached hydrogen (secondary N) is 1. The molecule has 0 aliphatic rings.